The zero-order chi connectivity index (χ0) is 12.3. The number of carbonyl (C=O) groups excluding carboxylic acids is 1. The predicted molar refractivity (Wildman–Crippen MR) is 62.7 cm³/mol. The molecule has 1 rings (SSSR count). The van der Waals surface area contributed by atoms with E-state index in [0.717, 1.165) is 6.42 Å². The highest BCUT2D eigenvalue weighted by atomic mass is 32.2. The zero-order valence-electron chi connectivity index (χ0n) is 9.85. The van der Waals surface area contributed by atoms with E-state index in [-0.39, 0.29) is 30.0 Å². The van der Waals surface area contributed by atoms with Crippen molar-refractivity contribution in [2.45, 2.75) is 38.8 Å². The Labute approximate surface area is 96.9 Å². The van der Waals surface area contributed by atoms with Gasteiger partial charge in [-0.1, -0.05) is 13.3 Å². The Kier molecular flexibility index (Phi) is 4.32. The highest BCUT2D eigenvalue weighted by molar-refractivity contribution is 7.91. The van der Waals surface area contributed by atoms with Gasteiger partial charge in [0.25, 0.3) is 0 Å². The first-order valence-electron chi connectivity index (χ1n) is 5.64. The van der Waals surface area contributed by atoms with E-state index in [1.54, 1.807) is 11.8 Å². The summed E-state index contributed by atoms with van der Waals surface area (Å²) in [5.74, 6) is -0.0104. The van der Waals surface area contributed by atoms with Crippen LogP contribution in [0.25, 0.3) is 0 Å². The molecule has 16 heavy (non-hydrogen) atoms. The Balaban J connectivity index is 2.65. The fourth-order valence-electron chi connectivity index (χ4n) is 1.97. The number of rotatable bonds is 3. The van der Waals surface area contributed by atoms with Gasteiger partial charge in [-0.2, -0.15) is 0 Å². The molecule has 2 unspecified atom stereocenters. The lowest BCUT2D eigenvalue weighted by Gasteiger charge is -2.34. The van der Waals surface area contributed by atoms with Crippen molar-refractivity contribution in [3.05, 3.63) is 0 Å². The summed E-state index contributed by atoms with van der Waals surface area (Å²) in [6, 6.07) is -0.748. The molecular weight excluding hydrogens is 228 g/mol. The first-order valence-corrected chi connectivity index (χ1v) is 7.46. The maximum Gasteiger partial charge on any atom is 0.239 e. The second kappa shape index (κ2) is 5.14. The topological polar surface area (TPSA) is 80.5 Å². The number of amides is 1. The number of sulfone groups is 1. The van der Waals surface area contributed by atoms with Gasteiger partial charge in [0.05, 0.1) is 17.5 Å². The van der Waals surface area contributed by atoms with Gasteiger partial charge in [0, 0.05) is 12.6 Å². The molecule has 2 N–H and O–H groups in total. The van der Waals surface area contributed by atoms with E-state index in [0.29, 0.717) is 6.42 Å². The van der Waals surface area contributed by atoms with Crippen LogP contribution in [-0.2, 0) is 14.6 Å². The van der Waals surface area contributed by atoms with Crippen molar-refractivity contribution in [3.63, 3.8) is 0 Å². The predicted octanol–water partition coefficient (Wildman–Crippen LogP) is -0.241. The molecule has 0 bridgehead atoms. The Morgan fingerprint density at radius 1 is 1.56 bits per heavy atom. The van der Waals surface area contributed by atoms with Crippen LogP contribution >= 0.6 is 0 Å². The van der Waals surface area contributed by atoms with Crippen LogP contribution in [0.2, 0.25) is 0 Å². The normalized spacial score (nSPS) is 26.4. The van der Waals surface area contributed by atoms with Gasteiger partial charge in [-0.25, -0.2) is 8.42 Å². The second-order valence-corrected chi connectivity index (χ2v) is 6.62. The molecule has 94 valence electrons. The molecule has 0 spiro atoms. The van der Waals surface area contributed by atoms with Gasteiger partial charge in [0.1, 0.15) is 0 Å². The van der Waals surface area contributed by atoms with Crippen LogP contribution < -0.4 is 5.73 Å². The molecule has 1 heterocycles. The average molecular weight is 248 g/mol. The van der Waals surface area contributed by atoms with Gasteiger partial charge in [0.15, 0.2) is 9.84 Å². The van der Waals surface area contributed by atoms with Crippen LogP contribution in [0.5, 0.6) is 0 Å². The third-order valence-corrected chi connectivity index (χ3v) is 4.67. The highest BCUT2D eigenvalue weighted by Gasteiger charge is 2.32. The van der Waals surface area contributed by atoms with Crippen molar-refractivity contribution in [3.8, 4) is 0 Å². The van der Waals surface area contributed by atoms with Crippen LogP contribution in [-0.4, -0.2) is 49.4 Å². The van der Waals surface area contributed by atoms with E-state index in [9.17, 15) is 13.2 Å². The quantitative estimate of drug-likeness (QED) is 0.747. The highest BCUT2D eigenvalue weighted by Crippen LogP contribution is 2.13. The summed E-state index contributed by atoms with van der Waals surface area (Å²) in [6.07, 6.45) is 1.50. The number of hydrogen-bond donors (Lipinski definition) is 1. The zero-order valence-corrected chi connectivity index (χ0v) is 10.7. The summed E-state index contributed by atoms with van der Waals surface area (Å²) < 4.78 is 22.7. The number of nitrogens with zero attached hydrogens (tertiary/aromatic N) is 1. The number of carbonyl (C=O) groups is 1. The summed E-state index contributed by atoms with van der Waals surface area (Å²) in [5, 5.41) is 0. The molecule has 0 aliphatic carbocycles. The molecule has 1 aliphatic rings. The molecule has 0 saturated carbocycles. The fraction of sp³-hybridized carbons (Fsp3) is 0.900. The lowest BCUT2D eigenvalue weighted by atomic mass is 10.1. The van der Waals surface area contributed by atoms with Gasteiger partial charge in [0.2, 0.25) is 5.91 Å². The lowest BCUT2D eigenvalue weighted by molar-refractivity contribution is -0.134. The van der Waals surface area contributed by atoms with Crippen molar-refractivity contribution in [2.75, 3.05) is 18.1 Å². The van der Waals surface area contributed by atoms with E-state index < -0.39 is 15.9 Å². The summed E-state index contributed by atoms with van der Waals surface area (Å²) in [6.45, 7) is 4.00. The minimum absolute atomic E-state index is 0.0532. The lowest BCUT2D eigenvalue weighted by Crippen LogP contribution is -2.54. The van der Waals surface area contributed by atoms with E-state index in [2.05, 4.69) is 0 Å². The van der Waals surface area contributed by atoms with Gasteiger partial charge in [-0.05, 0) is 13.3 Å². The fourth-order valence-corrected chi connectivity index (χ4v) is 3.53. The Bertz CT molecular complexity index is 353. The van der Waals surface area contributed by atoms with E-state index in [1.165, 1.54) is 0 Å². The molecule has 2 atom stereocenters. The van der Waals surface area contributed by atoms with Crippen molar-refractivity contribution < 1.29 is 13.2 Å². The Morgan fingerprint density at radius 3 is 2.69 bits per heavy atom. The smallest absolute Gasteiger partial charge is 0.239 e. The molecule has 0 aromatic carbocycles. The van der Waals surface area contributed by atoms with Crippen LogP contribution in [0, 0.1) is 0 Å². The number of hydrogen-bond acceptors (Lipinski definition) is 4. The van der Waals surface area contributed by atoms with Gasteiger partial charge in [-0.3, -0.25) is 4.79 Å². The molecule has 0 aromatic rings. The van der Waals surface area contributed by atoms with Crippen LogP contribution in [0.15, 0.2) is 0 Å². The summed E-state index contributed by atoms with van der Waals surface area (Å²) in [7, 11) is -2.97. The molecule has 1 saturated heterocycles. The number of nitrogens with two attached hydrogens (primary N) is 1. The monoisotopic (exact) mass is 248 g/mol. The third kappa shape index (κ3) is 3.18. The maximum atomic E-state index is 11.9. The first kappa shape index (κ1) is 13.4. The van der Waals surface area contributed by atoms with E-state index in [1.807, 2.05) is 6.92 Å². The first-order chi connectivity index (χ1) is 7.37. The summed E-state index contributed by atoms with van der Waals surface area (Å²) in [5.41, 5.74) is 5.75. The van der Waals surface area contributed by atoms with Crippen molar-refractivity contribution in [2.24, 2.45) is 5.73 Å². The largest absolute Gasteiger partial charge is 0.337 e. The van der Waals surface area contributed by atoms with E-state index >= 15 is 0 Å². The molecule has 1 amide bonds. The third-order valence-electron chi connectivity index (χ3n) is 2.87. The Hall–Kier alpha value is -0.620. The summed E-state index contributed by atoms with van der Waals surface area (Å²) >= 11 is 0. The molecule has 1 fully saturated rings. The van der Waals surface area contributed by atoms with Gasteiger partial charge >= 0.3 is 0 Å². The maximum absolute atomic E-state index is 11.9. The van der Waals surface area contributed by atoms with Gasteiger partial charge < -0.3 is 10.6 Å². The van der Waals surface area contributed by atoms with Crippen LogP contribution in [0.4, 0.5) is 0 Å². The minimum atomic E-state index is -2.97. The van der Waals surface area contributed by atoms with Gasteiger partial charge in [-0.15, -0.1) is 0 Å². The summed E-state index contributed by atoms with van der Waals surface area (Å²) in [4.78, 5) is 13.5. The van der Waals surface area contributed by atoms with E-state index in [4.69, 9.17) is 5.73 Å². The van der Waals surface area contributed by atoms with Crippen LogP contribution in [0.1, 0.15) is 26.7 Å². The molecule has 5 nitrogen and oxygen atoms in total. The molecular formula is C10H20N2O3S. The molecule has 1 aliphatic heterocycles. The van der Waals surface area contributed by atoms with Crippen molar-refractivity contribution in [1.82, 2.24) is 4.90 Å². The second-order valence-electron chi connectivity index (χ2n) is 4.39. The SMILES string of the molecule is CCCC(N)C(=O)N1CCS(=O)(=O)CC1C. The average Bonchev–Trinajstić information content (AvgIpc) is 2.16. The molecule has 0 aromatic heterocycles. The molecule has 0 radical (unpaired) electrons. The van der Waals surface area contributed by atoms with Crippen molar-refractivity contribution in [1.29, 1.82) is 0 Å². The Morgan fingerprint density at radius 2 is 2.19 bits per heavy atom. The minimum Gasteiger partial charge on any atom is -0.337 e. The van der Waals surface area contributed by atoms with Crippen molar-refractivity contribution >= 4 is 15.7 Å². The standard InChI is InChI=1S/C10H20N2O3S/c1-3-4-9(11)10(13)12-5-6-16(14,15)7-8(12)2/h8-9H,3-7,11H2,1-2H3. The molecule has 6 heteroatoms. The van der Waals surface area contributed by atoms with Crippen LogP contribution in [0.3, 0.4) is 0 Å².